The zero-order valence-electron chi connectivity index (χ0n) is 17.9. The number of ether oxygens (including phenoxy) is 4. The van der Waals surface area contributed by atoms with E-state index in [1.54, 1.807) is 24.3 Å². The first-order chi connectivity index (χ1) is 15.6. The van der Waals surface area contributed by atoms with E-state index in [2.05, 4.69) is 5.10 Å². The molecular formula is C24H24N2O6. The van der Waals surface area contributed by atoms with Crippen LogP contribution in [-0.2, 0) is 14.2 Å². The zero-order valence-corrected chi connectivity index (χ0v) is 17.9. The van der Waals surface area contributed by atoms with Crippen molar-refractivity contribution < 1.29 is 28.5 Å². The van der Waals surface area contributed by atoms with Gasteiger partial charge in [0.15, 0.2) is 5.69 Å². The number of nitrogens with zero attached hydrogens (tertiary/aromatic N) is 2. The van der Waals surface area contributed by atoms with E-state index in [4.69, 9.17) is 18.9 Å². The monoisotopic (exact) mass is 436 g/mol. The Morgan fingerprint density at radius 3 is 2.22 bits per heavy atom. The number of hydrogen-bond donors (Lipinski definition) is 0. The summed E-state index contributed by atoms with van der Waals surface area (Å²) in [5.41, 5.74) is 1.62. The molecule has 0 atom stereocenters. The minimum absolute atomic E-state index is 0.00285. The molecule has 0 aliphatic carbocycles. The molecule has 166 valence electrons. The summed E-state index contributed by atoms with van der Waals surface area (Å²) in [6.45, 7) is 1.39. The van der Waals surface area contributed by atoms with Gasteiger partial charge in [0.25, 0.3) is 0 Å². The molecule has 8 nitrogen and oxygen atoms in total. The van der Waals surface area contributed by atoms with Gasteiger partial charge in [0, 0.05) is 18.4 Å². The summed E-state index contributed by atoms with van der Waals surface area (Å²) in [6, 6.07) is 16.3. The number of para-hydroxylation sites is 1. The second-order valence-corrected chi connectivity index (χ2v) is 7.26. The van der Waals surface area contributed by atoms with E-state index >= 15 is 0 Å². The van der Waals surface area contributed by atoms with Crippen molar-refractivity contribution >= 4 is 11.9 Å². The van der Waals surface area contributed by atoms with Crippen molar-refractivity contribution in [2.75, 3.05) is 27.4 Å². The number of carbonyl (C=O) groups excluding carboxylic acids is 2. The van der Waals surface area contributed by atoms with Crippen LogP contribution < -0.4 is 4.74 Å². The van der Waals surface area contributed by atoms with Crippen LogP contribution in [0.5, 0.6) is 5.75 Å². The van der Waals surface area contributed by atoms with Crippen LogP contribution in [0.4, 0.5) is 0 Å². The molecule has 1 aliphatic heterocycles. The molecule has 0 spiro atoms. The summed E-state index contributed by atoms with van der Waals surface area (Å²) in [6.07, 6.45) is 1.81. The van der Waals surface area contributed by atoms with Crippen molar-refractivity contribution in [1.29, 1.82) is 0 Å². The smallest absolute Gasteiger partial charge is 0.357 e. The Morgan fingerprint density at radius 2 is 1.59 bits per heavy atom. The lowest BCUT2D eigenvalue weighted by Gasteiger charge is -2.23. The van der Waals surface area contributed by atoms with Crippen molar-refractivity contribution in [2.45, 2.75) is 18.9 Å². The summed E-state index contributed by atoms with van der Waals surface area (Å²) in [5.74, 6) is -0.645. The van der Waals surface area contributed by atoms with Gasteiger partial charge in [-0.2, -0.15) is 5.10 Å². The number of aromatic nitrogens is 2. The predicted molar refractivity (Wildman–Crippen MR) is 116 cm³/mol. The number of rotatable bonds is 6. The van der Waals surface area contributed by atoms with Crippen LogP contribution in [0.1, 0.15) is 33.7 Å². The van der Waals surface area contributed by atoms with E-state index in [9.17, 15) is 9.59 Å². The standard InChI is InChI=1S/C24H24N2O6/c1-29-23(27)20-21(16-8-10-18(11-9-16)32-19-12-14-31-15-13-19)25-26(22(20)24(28)30-2)17-6-4-3-5-7-17/h3-11,19H,12-15H2,1-2H3. The lowest BCUT2D eigenvalue weighted by Crippen LogP contribution is -2.25. The van der Waals surface area contributed by atoms with Crippen LogP contribution in [-0.4, -0.2) is 55.3 Å². The van der Waals surface area contributed by atoms with Gasteiger partial charge in [-0.1, -0.05) is 18.2 Å². The maximum atomic E-state index is 12.7. The van der Waals surface area contributed by atoms with E-state index in [1.165, 1.54) is 18.9 Å². The number of esters is 2. The summed E-state index contributed by atoms with van der Waals surface area (Å²) in [4.78, 5) is 25.4. The Balaban J connectivity index is 1.76. The second-order valence-electron chi connectivity index (χ2n) is 7.26. The highest BCUT2D eigenvalue weighted by Crippen LogP contribution is 2.30. The topological polar surface area (TPSA) is 88.9 Å². The molecule has 4 rings (SSSR count). The van der Waals surface area contributed by atoms with Gasteiger partial charge in [-0.15, -0.1) is 0 Å². The zero-order chi connectivity index (χ0) is 22.5. The van der Waals surface area contributed by atoms with E-state index in [1.807, 2.05) is 30.3 Å². The van der Waals surface area contributed by atoms with Crippen LogP contribution in [0.15, 0.2) is 54.6 Å². The summed E-state index contributed by atoms with van der Waals surface area (Å²) >= 11 is 0. The Labute approximate surface area is 185 Å². The largest absolute Gasteiger partial charge is 0.490 e. The highest BCUT2D eigenvalue weighted by Gasteiger charge is 2.31. The van der Waals surface area contributed by atoms with Gasteiger partial charge < -0.3 is 18.9 Å². The number of carbonyl (C=O) groups is 2. The fourth-order valence-electron chi connectivity index (χ4n) is 3.63. The molecule has 1 fully saturated rings. The Hall–Kier alpha value is -3.65. The molecule has 0 unspecified atom stereocenters. The van der Waals surface area contributed by atoms with Gasteiger partial charge in [-0.3, -0.25) is 0 Å². The summed E-state index contributed by atoms with van der Waals surface area (Å²) in [7, 11) is 2.52. The van der Waals surface area contributed by atoms with Gasteiger partial charge in [0.1, 0.15) is 23.1 Å². The molecule has 0 N–H and O–H groups in total. The maximum absolute atomic E-state index is 12.7. The molecule has 1 aromatic heterocycles. The summed E-state index contributed by atoms with van der Waals surface area (Å²) in [5, 5.41) is 4.59. The summed E-state index contributed by atoms with van der Waals surface area (Å²) < 4.78 is 22.7. The number of hydrogen-bond acceptors (Lipinski definition) is 7. The molecule has 1 aliphatic rings. The average Bonchev–Trinajstić information content (AvgIpc) is 3.25. The fourth-order valence-corrected chi connectivity index (χ4v) is 3.63. The van der Waals surface area contributed by atoms with Crippen LogP contribution in [0.2, 0.25) is 0 Å². The molecule has 2 aromatic carbocycles. The molecule has 32 heavy (non-hydrogen) atoms. The SMILES string of the molecule is COC(=O)c1c(-c2ccc(OC3CCOCC3)cc2)nn(-c2ccccc2)c1C(=O)OC. The van der Waals surface area contributed by atoms with Crippen LogP contribution in [0.3, 0.4) is 0 Å². The third-order valence-electron chi connectivity index (χ3n) is 5.25. The predicted octanol–water partition coefficient (Wildman–Crippen LogP) is 3.67. The Bertz CT molecular complexity index is 1090. The molecular weight excluding hydrogens is 412 g/mol. The quantitative estimate of drug-likeness (QED) is 0.545. The normalized spacial score (nSPS) is 14.1. The van der Waals surface area contributed by atoms with Gasteiger partial charge >= 0.3 is 11.9 Å². The Kier molecular flexibility index (Phi) is 6.51. The molecule has 8 heteroatoms. The molecule has 0 radical (unpaired) electrons. The third kappa shape index (κ3) is 4.36. The van der Waals surface area contributed by atoms with Crippen molar-refractivity contribution in [1.82, 2.24) is 9.78 Å². The average molecular weight is 436 g/mol. The van der Waals surface area contributed by atoms with E-state index in [0.717, 1.165) is 18.6 Å². The van der Waals surface area contributed by atoms with Crippen molar-refractivity contribution in [3.63, 3.8) is 0 Å². The highest BCUT2D eigenvalue weighted by atomic mass is 16.5. The van der Waals surface area contributed by atoms with Crippen molar-refractivity contribution in [3.8, 4) is 22.7 Å². The first-order valence-electron chi connectivity index (χ1n) is 10.3. The van der Waals surface area contributed by atoms with Crippen molar-refractivity contribution in [3.05, 3.63) is 65.9 Å². The van der Waals surface area contributed by atoms with E-state index < -0.39 is 11.9 Å². The van der Waals surface area contributed by atoms with Crippen LogP contribution in [0, 0.1) is 0 Å². The van der Waals surface area contributed by atoms with Gasteiger partial charge in [0.2, 0.25) is 0 Å². The van der Waals surface area contributed by atoms with Crippen LogP contribution in [0.25, 0.3) is 16.9 Å². The lowest BCUT2D eigenvalue weighted by atomic mass is 10.1. The molecule has 1 saturated heterocycles. The lowest BCUT2D eigenvalue weighted by molar-refractivity contribution is 0.0255. The number of methoxy groups -OCH3 is 2. The second kappa shape index (κ2) is 9.65. The Morgan fingerprint density at radius 1 is 0.938 bits per heavy atom. The first-order valence-corrected chi connectivity index (χ1v) is 10.3. The number of benzene rings is 2. The molecule has 0 amide bonds. The minimum Gasteiger partial charge on any atom is -0.490 e. The molecule has 2 heterocycles. The molecule has 3 aromatic rings. The molecule has 0 saturated carbocycles. The van der Waals surface area contributed by atoms with E-state index in [-0.39, 0.29) is 17.4 Å². The molecule has 0 bridgehead atoms. The third-order valence-corrected chi connectivity index (χ3v) is 5.25. The van der Waals surface area contributed by atoms with Gasteiger partial charge in [-0.25, -0.2) is 14.3 Å². The highest BCUT2D eigenvalue weighted by molar-refractivity contribution is 6.06. The minimum atomic E-state index is -0.688. The van der Waals surface area contributed by atoms with Crippen LogP contribution >= 0.6 is 0 Å². The van der Waals surface area contributed by atoms with E-state index in [0.29, 0.717) is 30.2 Å². The fraction of sp³-hybridized carbons (Fsp3) is 0.292. The first kappa shape index (κ1) is 21.6. The van der Waals surface area contributed by atoms with Gasteiger partial charge in [0.05, 0.1) is 33.1 Å². The van der Waals surface area contributed by atoms with Gasteiger partial charge in [-0.05, 0) is 36.4 Å². The van der Waals surface area contributed by atoms with Crippen molar-refractivity contribution in [2.24, 2.45) is 0 Å². The maximum Gasteiger partial charge on any atom is 0.357 e.